The van der Waals surface area contributed by atoms with Crippen molar-refractivity contribution in [1.82, 2.24) is 24.6 Å². The fourth-order valence-corrected chi connectivity index (χ4v) is 5.09. The van der Waals surface area contributed by atoms with Gasteiger partial charge < -0.3 is 9.80 Å². The monoisotopic (exact) mass is 365 g/mol. The number of nitrogens with zero attached hydrogens (tertiary/aromatic N) is 5. The zero-order chi connectivity index (χ0) is 18.4. The van der Waals surface area contributed by atoms with Gasteiger partial charge in [-0.1, -0.05) is 6.07 Å². The summed E-state index contributed by atoms with van der Waals surface area (Å²) >= 11 is 0. The molecule has 3 saturated heterocycles. The van der Waals surface area contributed by atoms with Gasteiger partial charge >= 0.3 is 0 Å². The molecule has 5 rings (SSSR count). The van der Waals surface area contributed by atoms with Crippen LogP contribution in [0.15, 0.2) is 36.9 Å². The molecule has 3 aliphatic rings. The van der Waals surface area contributed by atoms with Gasteiger partial charge in [0.25, 0.3) is 5.91 Å². The van der Waals surface area contributed by atoms with Crippen LogP contribution < -0.4 is 0 Å². The highest BCUT2D eigenvalue weighted by Crippen LogP contribution is 2.38. The first kappa shape index (κ1) is 16.5. The number of hydrogen-bond donors (Lipinski definition) is 0. The Morgan fingerprint density at radius 1 is 1.11 bits per heavy atom. The molecule has 7 nitrogen and oxygen atoms in total. The molecule has 2 unspecified atom stereocenters. The number of likely N-dealkylation sites (tertiary alicyclic amines) is 1. The van der Waals surface area contributed by atoms with Crippen molar-refractivity contribution in [2.45, 2.75) is 31.7 Å². The normalized spacial score (nSPS) is 27.4. The van der Waals surface area contributed by atoms with Crippen molar-refractivity contribution in [2.24, 2.45) is 11.8 Å². The number of fused-ring (bicyclic) bond motifs is 4. The number of rotatable bonds is 2. The molecule has 2 aromatic rings. The Morgan fingerprint density at radius 2 is 1.96 bits per heavy atom. The molecule has 140 valence electrons. The second-order valence-corrected chi connectivity index (χ2v) is 8.00. The van der Waals surface area contributed by atoms with Gasteiger partial charge in [0.2, 0.25) is 5.91 Å². The summed E-state index contributed by atoms with van der Waals surface area (Å²) in [5.74, 6) is 1.19. The van der Waals surface area contributed by atoms with E-state index in [0.717, 1.165) is 44.6 Å². The number of piperidine rings is 3. The van der Waals surface area contributed by atoms with E-state index in [1.54, 1.807) is 17.2 Å². The maximum atomic E-state index is 13.2. The minimum Gasteiger partial charge on any atom is -0.339 e. The van der Waals surface area contributed by atoms with E-state index >= 15 is 0 Å². The summed E-state index contributed by atoms with van der Waals surface area (Å²) in [5.41, 5.74) is 1.57. The van der Waals surface area contributed by atoms with Crippen LogP contribution in [0.5, 0.6) is 0 Å². The van der Waals surface area contributed by atoms with Crippen molar-refractivity contribution in [3.8, 4) is 5.69 Å². The van der Waals surface area contributed by atoms with Gasteiger partial charge in [0.15, 0.2) is 0 Å². The molecule has 3 aliphatic heterocycles. The van der Waals surface area contributed by atoms with Crippen molar-refractivity contribution in [3.05, 3.63) is 42.5 Å². The van der Waals surface area contributed by atoms with E-state index in [9.17, 15) is 9.59 Å². The third-order valence-electron chi connectivity index (χ3n) is 6.28. The molecule has 7 heteroatoms. The van der Waals surface area contributed by atoms with E-state index in [1.807, 2.05) is 29.2 Å². The molecule has 0 aliphatic carbocycles. The highest BCUT2D eigenvalue weighted by Gasteiger charge is 2.44. The van der Waals surface area contributed by atoms with Crippen molar-refractivity contribution in [1.29, 1.82) is 0 Å². The lowest BCUT2D eigenvalue weighted by molar-refractivity contribution is -0.144. The van der Waals surface area contributed by atoms with E-state index < -0.39 is 0 Å². The van der Waals surface area contributed by atoms with Crippen molar-refractivity contribution in [2.75, 3.05) is 19.6 Å². The van der Waals surface area contributed by atoms with Crippen LogP contribution in [-0.4, -0.2) is 62.1 Å². The van der Waals surface area contributed by atoms with E-state index in [-0.39, 0.29) is 5.91 Å². The Balaban J connectivity index is 1.36. The van der Waals surface area contributed by atoms with Crippen LogP contribution >= 0.6 is 0 Å². The quantitative estimate of drug-likeness (QED) is 0.813. The standard InChI is InChI=1S/C20H23N5O2/c26-19-6-2-5-18-16-7-14(10-25(18)19)9-23(11-16)20(27)15-3-1-4-17(8-15)24-12-21-22-13-24/h1,3-4,8,12-14,16,18H,2,5-7,9-11H2/t14?,16?,18-/m0/s1. The largest absolute Gasteiger partial charge is 0.339 e. The number of aromatic nitrogens is 3. The van der Waals surface area contributed by atoms with Crippen LogP contribution in [0.2, 0.25) is 0 Å². The topological polar surface area (TPSA) is 71.3 Å². The molecule has 2 amide bonds. The number of carbonyl (C=O) groups is 2. The smallest absolute Gasteiger partial charge is 0.253 e. The molecule has 27 heavy (non-hydrogen) atoms. The van der Waals surface area contributed by atoms with E-state index in [1.165, 1.54) is 0 Å². The van der Waals surface area contributed by atoms with Gasteiger partial charge in [-0.05, 0) is 49.3 Å². The summed E-state index contributed by atoms with van der Waals surface area (Å²) in [7, 11) is 0. The summed E-state index contributed by atoms with van der Waals surface area (Å²) in [4.78, 5) is 29.6. The molecule has 4 heterocycles. The van der Waals surface area contributed by atoms with Crippen LogP contribution in [-0.2, 0) is 4.79 Å². The third-order valence-corrected chi connectivity index (χ3v) is 6.28. The number of hydrogen-bond acceptors (Lipinski definition) is 4. The Bertz CT molecular complexity index is 865. The lowest BCUT2D eigenvalue weighted by Gasteiger charge is -2.52. The molecule has 1 aromatic carbocycles. The van der Waals surface area contributed by atoms with Gasteiger partial charge in [-0.25, -0.2) is 0 Å². The molecule has 0 N–H and O–H groups in total. The lowest BCUT2D eigenvalue weighted by Crippen LogP contribution is -2.61. The molecule has 2 bridgehead atoms. The lowest BCUT2D eigenvalue weighted by atomic mass is 9.76. The number of amides is 2. The van der Waals surface area contributed by atoms with E-state index in [0.29, 0.717) is 35.8 Å². The Kier molecular flexibility index (Phi) is 3.95. The third kappa shape index (κ3) is 2.91. The summed E-state index contributed by atoms with van der Waals surface area (Å²) in [6.45, 7) is 2.30. The van der Waals surface area contributed by atoms with Gasteiger partial charge in [0, 0.05) is 43.3 Å². The first-order chi connectivity index (χ1) is 13.2. The number of benzene rings is 1. The fourth-order valence-electron chi connectivity index (χ4n) is 5.09. The second-order valence-electron chi connectivity index (χ2n) is 8.00. The highest BCUT2D eigenvalue weighted by molar-refractivity contribution is 5.95. The summed E-state index contributed by atoms with van der Waals surface area (Å²) in [5, 5.41) is 7.66. The zero-order valence-electron chi connectivity index (χ0n) is 15.2. The van der Waals surface area contributed by atoms with Crippen molar-refractivity contribution in [3.63, 3.8) is 0 Å². The van der Waals surface area contributed by atoms with Crippen molar-refractivity contribution < 1.29 is 9.59 Å². The van der Waals surface area contributed by atoms with Gasteiger partial charge in [-0.3, -0.25) is 14.2 Å². The SMILES string of the molecule is O=C(c1cccc(-n2cnnc2)c1)N1CC2CC(C1)[C@@H]1CCCC(=O)N1C2. The van der Waals surface area contributed by atoms with Crippen LogP contribution in [0.3, 0.4) is 0 Å². The molecule has 3 fully saturated rings. The summed E-state index contributed by atoms with van der Waals surface area (Å²) < 4.78 is 1.80. The maximum absolute atomic E-state index is 13.2. The Labute approximate surface area is 158 Å². The summed E-state index contributed by atoms with van der Waals surface area (Å²) in [6, 6.07) is 7.93. The predicted octanol–water partition coefficient (Wildman–Crippen LogP) is 1.74. The molecular formula is C20H23N5O2. The van der Waals surface area contributed by atoms with Gasteiger partial charge in [-0.2, -0.15) is 0 Å². The van der Waals surface area contributed by atoms with Crippen LogP contribution in [0.4, 0.5) is 0 Å². The van der Waals surface area contributed by atoms with Crippen molar-refractivity contribution >= 4 is 11.8 Å². The average molecular weight is 365 g/mol. The van der Waals surface area contributed by atoms with Gasteiger partial charge in [-0.15, -0.1) is 10.2 Å². The van der Waals surface area contributed by atoms with E-state index in [4.69, 9.17) is 0 Å². The summed E-state index contributed by atoms with van der Waals surface area (Å²) in [6.07, 6.45) is 7.14. The van der Waals surface area contributed by atoms with Gasteiger partial charge in [0.1, 0.15) is 12.7 Å². The zero-order valence-corrected chi connectivity index (χ0v) is 15.2. The number of carbonyl (C=O) groups excluding carboxylic acids is 2. The maximum Gasteiger partial charge on any atom is 0.253 e. The molecular weight excluding hydrogens is 342 g/mol. The first-order valence-electron chi connectivity index (χ1n) is 9.73. The second kappa shape index (κ2) is 6.48. The predicted molar refractivity (Wildman–Crippen MR) is 98.2 cm³/mol. The highest BCUT2D eigenvalue weighted by atomic mass is 16.2. The first-order valence-corrected chi connectivity index (χ1v) is 9.73. The van der Waals surface area contributed by atoms with Gasteiger partial charge in [0.05, 0.1) is 0 Å². The Hall–Kier alpha value is -2.70. The molecule has 3 atom stereocenters. The molecule has 0 saturated carbocycles. The minimum absolute atomic E-state index is 0.0789. The van der Waals surface area contributed by atoms with Crippen LogP contribution in [0, 0.1) is 11.8 Å². The Morgan fingerprint density at radius 3 is 2.81 bits per heavy atom. The minimum atomic E-state index is 0.0789. The average Bonchev–Trinajstić information content (AvgIpc) is 3.23. The van der Waals surface area contributed by atoms with Crippen LogP contribution in [0.1, 0.15) is 36.0 Å². The fraction of sp³-hybridized carbons (Fsp3) is 0.500. The molecule has 0 radical (unpaired) electrons. The van der Waals surface area contributed by atoms with E-state index in [2.05, 4.69) is 15.1 Å². The molecule has 0 spiro atoms. The molecule has 1 aromatic heterocycles. The van der Waals surface area contributed by atoms with Crippen LogP contribution in [0.25, 0.3) is 5.69 Å².